The molecule has 0 aliphatic rings. The number of aromatic nitrogens is 2. The second kappa shape index (κ2) is 13.5. The first-order valence-electron chi connectivity index (χ1n) is 19.3. The van der Waals surface area contributed by atoms with E-state index in [2.05, 4.69) is 232 Å². The molecule has 57 heavy (non-hydrogen) atoms. The summed E-state index contributed by atoms with van der Waals surface area (Å²) >= 11 is 2.59. The van der Waals surface area contributed by atoms with Crippen molar-refractivity contribution in [1.82, 2.24) is 9.13 Å². The standard InChI is InChI=1S/C53H36IN3/c54-47(40-23-21-34-11-1-4-14-37(34)29-40)32-43(33-48(55)41-24-22-35-12-2-5-15-38(35)30-41)57-49-19-9-7-17-44(49)45-27-28-51-52(53(45)57)46-18-8-10-20-50(46)56(51)42-26-25-36-13-3-6-16-39(36)31-42/h1-33,47H,55H2/b43-32+,48-33-. The van der Waals surface area contributed by atoms with E-state index in [0.29, 0.717) is 5.70 Å². The lowest BCUT2D eigenvalue weighted by Crippen LogP contribution is -2.02. The summed E-state index contributed by atoms with van der Waals surface area (Å²) in [6, 6.07) is 68.0. The molecule has 270 valence electrons. The van der Waals surface area contributed by atoms with E-state index >= 15 is 0 Å². The molecular weight excluding hydrogens is 806 g/mol. The van der Waals surface area contributed by atoms with Crippen LogP contribution in [0.3, 0.4) is 0 Å². The van der Waals surface area contributed by atoms with E-state index in [1.54, 1.807) is 0 Å². The molecule has 0 aliphatic heterocycles. The fourth-order valence-corrected chi connectivity index (χ4v) is 9.55. The minimum atomic E-state index is 0.0530. The van der Waals surface area contributed by atoms with Crippen molar-refractivity contribution in [3.8, 4) is 5.69 Å². The molecule has 2 N–H and O–H groups in total. The second-order valence-electron chi connectivity index (χ2n) is 14.9. The maximum atomic E-state index is 7.20. The van der Waals surface area contributed by atoms with E-state index in [9.17, 15) is 0 Å². The van der Waals surface area contributed by atoms with Gasteiger partial charge < -0.3 is 14.9 Å². The van der Waals surface area contributed by atoms with Gasteiger partial charge in [0.25, 0.3) is 0 Å². The van der Waals surface area contributed by atoms with Gasteiger partial charge in [-0.15, -0.1) is 0 Å². The number of benzene rings is 9. The predicted molar refractivity (Wildman–Crippen MR) is 252 cm³/mol. The van der Waals surface area contributed by atoms with Crippen molar-refractivity contribution in [1.29, 1.82) is 0 Å². The maximum Gasteiger partial charge on any atom is 0.0641 e. The quantitative estimate of drug-likeness (QED) is 0.101. The molecule has 1 unspecified atom stereocenters. The third kappa shape index (κ3) is 5.62. The Morgan fingerprint density at radius 3 is 1.81 bits per heavy atom. The van der Waals surface area contributed by atoms with Crippen LogP contribution >= 0.6 is 22.6 Å². The van der Waals surface area contributed by atoms with Crippen LogP contribution in [0.4, 0.5) is 0 Å². The Hall–Kier alpha value is -6.63. The molecule has 11 aromatic rings. The van der Waals surface area contributed by atoms with Crippen LogP contribution in [0, 0.1) is 0 Å². The average molecular weight is 842 g/mol. The lowest BCUT2D eigenvalue weighted by Gasteiger charge is -2.15. The molecular formula is C53H36IN3. The van der Waals surface area contributed by atoms with Crippen molar-refractivity contribution in [2.24, 2.45) is 5.73 Å². The molecule has 3 nitrogen and oxygen atoms in total. The molecule has 1 atom stereocenters. The van der Waals surface area contributed by atoms with Crippen LogP contribution in [0.5, 0.6) is 0 Å². The number of rotatable bonds is 6. The molecule has 0 bridgehead atoms. The zero-order chi connectivity index (χ0) is 38.0. The molecule has 4 heteroatoms. The van der Waals surface area contributed by atoms with Crippen LogP contribution in [0.15, 0.2) is 200 Å². The lowest BCUT2D eigenvalue weighted by molar-refractivity contribution is 1.18. The summed E-state index contributed by atoms with van der Waals surface area (Å²) in [5, 5.41) is 12.1. The third-order valence-electron chi connectivity index (χ3n) is 11.5. The van der Waals surface area contributed by atoms with E-state index in [-0.39, 0.29) is 3.92 Å². The molecule has 2 heterocycles. The topological polar surface area (TPSA) is 35.9 Å². The lowest BCUT2D eigenvalue weighted by atomic mass is 10.0. The van der Waals surface area contributed by atoms with E-state index in [0.717, 1.165) is 28.0 Å². The number of hydrogen-bond acceptors (Lipinski definition) is 1. The second-order valence-corrected chi connectivity index (χ2v) is 16.2. The number of nitrogens with two attached hydrogens (primary N) is 1. The van der Waals surface area contributed by atoms with Crippen molar-refractivity contribution in [2.45, 2.75) is 3.92 Å². The van der Waals surface area contributed by atoms with E-state index in [4.69, 9.17) is 5.73 Å². The Balaban J connectivity index is 1.22. The Kier molecular flexibility index (Phi) is 8.00. The SMILES string of the molecule is N/C(=C\C(=C/C(I)c1ccc2ccccc2c1)n1c2ccccc2c2ccc3c(c4ccccc4n3-c3ccc4ccccc4c3)c21)c1ccc2ccccc2c1. The first-order chi connectivity index (χ1) is 28.1. The average Bonchev–Trinajstić information content (AvgIpc) is 3.78. The fraction of sp³-hybridized carbons (Fsp3) is 0.0189. The van der Waals surface area contributed by atoms with Gasteiger partial charge in [0.05, 0.1) is 26.0 Å². The zero-order valence-corrected chi connectivity index (χ0v) is 33.1. The van der Waals surface area contributed by atoms with Crippen LogP contribution in [0.2, 0.25) is 0 Å². The number of halogens is 1. The molecule has 0 fully saturated rings. The van der Waals surface area contributed by atoms with Crippen LogP contribution in [0.1, 0.15) is 15.1 Å². The predicted octanol–water partition coefficient (Wildman–Crippen LogP) is 14.4. The first kappa shape index (κ1) is 33.7. The summed E-state index contributed by atoms with van der Waals surface area (Å²) in [4.78, 5) is 0. The highest BCUT2D eigenvalue weighted by Gasteiger charge is 2.22. The Morgan fingerprint density at radius 2 is 1.07 bits per heavy atom. The monoisotopic (exact) mass is 841 g/mol. The van der Waals surface area contributed by atoms with Crippen LogP contribution in [-0.2, 0) is 0 Å². The number of fused-ring (bicyclic) bond motifs is 10. The highest BCUT2D eigenvalue weighted by molar-refractivity contribution is 14.1. The number of alkyl halides is 1. The minimum absolute atomic E-state index is 0.0530. The molecule has 0 amide bonds. The van der Waals surface area contributed by atoms with Crippen molar-refractivity contribution in [3.05, 3.63) is 211 Å². The summed E-state index contributed by atoms with van der Waals surface area (Å²) in [6.45, 7) is 0. The molecule has 0 saturated heterocycles. The Bertz CT molecular complexity index is 3450. The van der Waals surface area contributed by atoms with Gasteiger partial charge >= 0.3 is 0 Å². The van der Waals surface area contributed by atoms with Gasteiger partial charge in [0.1, 0.15) is 0 Å². The first-order valence-corrected chi connectivity index (χ1v) is 20.6. The molecule has 9 aromatic carbocycles. The van der Waals surface area contributed by atoms with E-state index in [1.165, 1.54) is 70.5 Å². The van der Waals surface area contributed by atoms with Gasteiger partial charge in [0.2, 0.25) is 0 Å². The summed E-state index contributed by atoms with van der Waals surface area (Å²) < 4.78 is 4.94. The molecule has 11 rings (SSSR count). The molecule has 2 aromatic heterocycles. The normalized spacial score (nSPS) is 13.2. The number of hydrogen-bond donors (Lipinski definition) is 1. The van der Waals surface area contributed by atoms with Crippen LogP contribution < -0.4 is 5.73 Å². The van der Waals surface area contributed by atoms with E-state index < -0.39 is 0 Å². The van der Waals surface area contributed by atoms with Gasteiger partial charge in [-0.25, -0.2) is 0 Å². The van der Waals surface area contributed by atoms with Crippen LogP contribution in [0.25, 0.3) is 93.0 Å². The van der Waals surface area contributed by atoms with Gasteiger partial charge in [-0.05, 0) is 98.1 Å². The molecule has 0 spiro atoms. The molecule has 0 saturated carbocycles. The minimum Gasteiger partial charge on any atom is -0.398 e. The van der Waals surface area contributed by atoms with Crippen molar-refractivity contribution >= 4 is 110 Å². The maximum absolute atomic E-state index is 7.20. The molecule has 0 aliphatic carbocycles. The molecule has 0 radical (unpaired) electrons. The van der Waals surface area contributed by atoms with Gasteiger partial charge in [0.15, 0.2) is 0 Å². The highest BCUT2D eigenvalue weighted by Crippen LogP contribution is 2.43. The summed E-state index contributed by atoms with van der Waals surface area (Å²) in [7, 11) is 0. The van der Waals surface area contributed by atoms with Gasteiger partial charge in [-0.1, -0.05) is 168 Å². The highest BCUT2D eigenvalue weighted by atomic mass is 127. The van der Waals surface area contributed by atoms with Gasteiger partial charge in [-0.3, -0.25) is 0 Å². The zero-order valence-electron chi connectivity index (χ0n) is 31.0. The van der Waals surface area contributed by atoms with E-state index in [1.807, 2.05) is 0 Å². The summed E-state index contributed by atoms with van der Waals surface area (Å²) in [5.74, 6) is 0. The summed E-state index contributed by atoms with van der Waals surface area (Å²) in [5.41, 5.74) is 16.9. The fourth-order valence-electron chi connectivity index (χ4n) is 8.79. The van der Waals surface area contributed by atoms with Crippen molar-refractivity contribution in [3.63, 3.8) is 0 Å². The number of para-hydroxylation sites is 2. The van der Waals surface area contributed by atoms with Gasteiger partial charge in [-0.2, -0.15) is 0 Å². The third-order valence-corrected chi connectivity index (χ3v) is 12.6. The number of nitrogens with zero attached hydrogens (tertiary/aromatic N) is 2. The van der Waals surface area contributed by atoms with Crippen molar-refractivity contribution < 1.29 is 0 Å². The van der Waals surface area contributed by atoms with Gasteiger partial charge in [0, 0.05) is 38.6 Å². The van der Waals surface area contributed by atoms with Crippen molar-refractivity contribution in [2.75, 3.05) is 0 Å². The summed E-state index contributed by atoms with van der Waals surface area (Å²) in [6.07, 6.45) is 4.57. The largest absolute Gasteiger partial charge is 0.398 e. The smallest absolute Gasteiger partial charge is 0.0641 e. The Morgan fingerprint density at radius 1 is 0.491 bits per heavy atom. The van der Waals surface area contributed by atoms with Crippen LogP contribution in [-0.4, -0.2) is 9.13 Å². The Labute approximate surface area is 343 Å². The number of allylic oxidation sites excluding steroid dienone is 3.